The summed E-state index contributed by atoms with van der Waals surface area (Å²) >= 11 is 32.6. The van der Waals surface area contributed by atoms with Crippen molar-refractivity contribution in [3.05, 3.63) is 55.5 Å². The SMILES string of the molecule is N#CC(Cl)(Br)Cc1cc(Oc2c(Cl)cc(C(F)(F)F)c(Cl)c2Cl)ccc1Cl. The highest BCUT2D eigenvalue weighted by molar-refractivity contribution is 9.10. The lowest BCUT2D eigenvalue weighted by Gasteiger charge is -2.17. The Hall–Kier alpha value is -0.550. The monoisotopic (exact) mass is 539 g/mol. The van der Waals surface area contributed by atoms with Crippen LogP contribution in [0, 0.1) is 11.3 Å². The number of nitriles is 1. The number of benzene rings is 2. The van der Waals surface area contributed by atoms with Crippen LogP contribution < -0.4 is 4.74 Å². The van der Waals surface area contributed by atoms with E-state index in [0.29, 0.717) is 16.7 Å². The van der Waals surface area contributed by atoms with E-state index in [2.05, 4.69) is 15.9 Å². The smallest absolute Gasteiger partial charge is 0.417 e. The van der Waals surface area contributed by atoms with Gasteiger partial charge < -0.3 is 4.74 Å². The molecule has 0 saturated carbocycles. The van der Waals surface area contributed by atoms with Crippen LogP contribution in [0.5, 0.6) is 11.5 Å². The standard InChI is InChI=1S/C16H6BrCl5F3NO/c17-15(22,6-26)5-7-3-8(1-2-10(7)18)27-14-11(19)4-9(16(23,24)25)12(20)13(14)21/h1-4H,5H2. The summed E-state index contributed by atoms with van der Waals surface area (Å²) in [5.74, 6) is -0.0900. The summed E-state index contributed by atoms with van der Waals surface area (Å²) in [4.78, 5) is 0. The third-order valence-electron chi connectivity index (χ3n) is 3.24. The molecule has 2 aromatic carbocycles. The normalized spacial score (nSPS) is 13.8. The van der Waals surface area contributed by atoms with Gasteiger partial charge in [0, 0.05) is 11.4 Å². The van der Waals surface area contributed by atoms with Crippen LogP contribution in [0.4, 0.5) is 13.2 Å². The van der Waals surface area contributed by atoms with Crippen LogP contribution in [-0.2, 0) is 12.6 Å². The highest BCUT2D eigenvalue weighted by Crippen LogP contribution is 2.47. The van der Waals surface area contributed by atoms with Crippen LogP contribution in [-0.4, -0.2) is 3.78 Å². The lowest BCUT2D eigenvalue weighted by atomic mass is 10.1. The van der Waals surface area contributed by atoms with Gasteiger partial charge in [-0.15, -0.1) is 0 Å². The zero-order valence-electron chi connectivity index (χ0n) is 12.8. The first-order valence-electron chi connectivity index (χ1n) is 6.86. The Bertz CT molecular complexity index is 928. The zero-order valence-corrected chi connectivity index (χ0v) is 18.1. The molecule has 2 nitrogen and oxygen atoms in total. The number of halogens is 9. The molecule has 0 saturated heterocycles. The lowest BCUT2D eigenvalue weighted by molar-refractivity contribution is -0.137. The van der Waals surface area contributed by atoms with Gasteiger partial charge in [-0.1, -0.05) is 73.9 Å². The molecule has 0 aromatic heterocycles. The summed E-state index contributed by atoms with van der Waals surface area (Å²) in [6.07, 6.45) is -4.70. The highest BCUT2D eigenvalue weighted by Gasteiger charge is 2.36. The number of ether oxygens (including phenoxy) is 1. The van der Waals surface area contributed by atoms with Crippen molar-refractivity contribution in [1.82, 2.24) is 0 Å². The van der Waals surface area contributed by atoms with E-state index in [9.17, 15) is 13.2 Å². The number of hydrogen-bond donors (Lipinski definition) is 0. The molecule has 1 atom stereocenters. The molecule has 11 heteroatoms. The first-order chi connectivity index (χ1) is 12.4. The maximum Gasteiger partial charge on any atom is 0.417 e. The van der Waals surface area contributed by atoms with Gasteiger partial charge in [0.25, 0.3) is 0 Å². The number of rotatable bonds is 4. The third kappa shape index (κ3) is 5.50. The molecule has 0 aliphatic heterocycles. The second kappa shape index (κ2) is 8.44. The number of nitrogens with zero attached hydrogens (tertiary/aromatic N) is 1. The Balaban J connectivity index is 2.44. The van der Waals surface area contributed by atoms with Crippen molar-refractivity contribution < 1.29 is 17.9 Å². The van der Waals surface area contributed by atoms with Crippen LogP contribution in [0.2, 0.25) is 20.1 Å². The van der Waals surface area contributed by atoms with Gasteiger partial charge in [0.2, 0.25) is 0 Å². The Morgan fingerprint density at radius 1 is 1.04 bits per heavy atom. The molecule has 27 heavy (non-hydrogen) atoms. The lowest BCUT2D eigenvalue weighted by Crippen LogP contribution is -2.12. The van der Waals surface area contributed by atoms with Gasteiger partial charge in [0.15, 0.2) is 9.53 Å². The maximum absolute atomic E-state index is 13.0. The second-order valence-electron chi connectivity index (χ2n) is 5.21. The van der Waals surface area contributed by atoms with Crippen LogP contribution in [0.1, 0.15) is 11.1 Å². The zero-order chi connectivity index (χ0) is 20.6. The van der Waals surface area contributed by atoms with Crippen molar-refractivity contribution in [2.24, 2.45) is 0 Å². The summed E-state index contributed by atoms with van der Waals surface area (Å²) in [5.41, 5.74) is -0.726. The fourth-order valence-corrected chi connectivity index (χ4v) is 3.44. The molecule has 0 heterocycles. The topological polar surface area (TPSA) is 33.0 Å². The Labute approximate surface area is 185 Å². The minimum atomic E-state index is -4.73. The maximum atomic E-state index is 13.0. The van der Waals surface area contributed by atoms with E-state index in [1.807, 2.05) is 6.07 Å². The van der Waals surface area contributed by atoms with Gasteiger partial charge in [0.05, 0.1) is 21.7 Å². The minimum Gasteiger partial charge on any atom is -0.454 e. The number of hydrogen-bond acceptors (Lipinski definition) is 2. The van der Waals surface area contributed by atoms with Gasteiger partial charge >= 0.3 is 6.18 Å². The molecule has 0 aliphatic rings. The van der Waals surface area contributed by atoms with Crippen molar-refractivity contribution in [2.75, 3.05) is 0 Å². The molecule has 0 aliphatic carbocycles. The van der Waals surface area contributed by atoms with E-state index in [1.54, 1.807) is 0 Å². The molecule has 2 aromatic rings. The van der Waals surface area contributed by atoms with Crippen LogP contribution in [0.15, 0.2) is 24.3 Å². The van der Waals surface area contributed by atoms with E-state index in [4.69, 9.17) is 68.0 Å². The Kier molecular flexibility index (Phi) is 7.11. The Morgan fingerprint density at radius 3 is 2.22 bits per heavy atom. The summed E-state index contributed by atoms with van der Waals surface area (Å²) in [6, 6.07) is 6.84. The number of alkyl halides is 5. The fourth-order valence-electron chi connectivity index (χ4n) is 2.02. The average Bonchev–Trinajstić information content (AvgIpc) is 2.56. The molecule has 144 valence electrons. The van der Waals surface area contributed by atoms with E-state index in [0.717, 1.165) is 0 Å². The molecule has 0 spiro atoms. The first-order valence-corrected chi connectivity index (χ1v) is 9.54. The molecule has 0 bridgehead atoms. The first kappa shape index (κ1) is 22.7. The van der Waals surface area contributed by atoms with Crippen molar-refractivity contribution in [2.45, 2.75) is 16.4 Å². The van der Waals surface area contributed by atoms with Crippen molar-refractivity contribution in [3.8, 4) is 17.6 Å². The average molecular weight is 542 g/mol. The van der Waals surface area contributed by atoms with Crippen molar-refractivity contribution >= 4 is 73.9 Å². The quantitative estimate of drug-likeness (QED) is 0.287. The molecular formula is C16H6BrCl5F3NO. The van der Waals surface area contributed by atoms with E-state index in [1.165, 1.54) is 18.2 Å². The van der Waals surface area contributed by atoms with Crippen LogP contribution >= 0.6 is 73.9 Å². The molecule has 2 rings (SSSR count). The summed E-state index contributed by atoms with van der Waals surface area (Å²) in [7, 11) is 0. The van der Waals surface area contributed by atoms with E-state index in [-0.39, 0.29) is 22.9 Å². The minimum absolute atomic E-state index is 0.0241. The predicted octanol–water partition coefficient (Wildman–Crippen LogP) is 8.51. The molecule has 0 radical (unpaired) electrons. The Morgan fingerprint density at radius 2 is 1.67 bits per heavy atom. The second-order valence-corrected chi connectivity index (χ2v) is 9.23. The van der Waals surface area contributed by atoms with Gasteiger partial charge in [-0.2, -0.15) is 18.4 Å². The summed E-state index contributed by atoms with van der Waals surface area (Å²) < 4.78 is 43.0. The van der Waals surface area contributed by atoms with E-state index >= 15 is 0 Å². The van der Waals surface area contributed by atoms with E-state index < -0.39 is 25.6 Å². The van der Waals surface area contributed by atoms with Crippen LogP contribution in [0.25, 0.3) is 0 Å². The highest BCUT2D eigenvalue weighted by atomic mass is 79.9. The summed E-state index contributed by atoms with van der Waals surface area (Å²) in [5, 5.41) is 7.71. The molecule has 0 fully saturated rings. The molecule has 0 N–H and O–H groups in total. The third-order valence-corrected chi connectivity index (χ3v) is 5.41. The molecule has 1 unspecified atom stereocenters. The van der Waals surface area contributed by atoms with Gasteiger partial charge in [0.1, 0.15) is 10.8 Å². The molecular weight excluding hydrogens is 536 g/mol. The summed E-state index contributed by atoms with van der Waals surface area (Å²) in [6.45, 7) is 0. The van der Waals surface area contributed by atoms with Gasteiger partial charge in [-0.25, -0.2) is 0 Å². The van der Waals surface area contributed by atoms with Crippen molar-refractivity contribution in [3.63, 3.8) is 0 Å². The predicted molar refractivity (Wildman–Crippen MR) is 105 cm³/mol. The van der Waals surface area contributed by atoms with Crippen LogP contribution in [0.3, 0.4) is 0 Å². The van der Waals surface area contributed by atoms with Gasteiger partial charge in [-0.3, -0.25) is 0 Å². The molecule has 0 amide bonds. The largest absolute Gasteiger partial charge is 0.454 e. The van der Waals surface area contributed by atoms with Crippen molar-refractivity contribution in [1.29, 1.82) is 5.26 Å². The van der Waals surface area contributed by atoms with Gasteiger partial charge in [-0.05, 0) is 29.8 Å². The fraction of sp³-hybridized carbons (Fsp3) is 0.188.